The maximum Gasteiger partial charge on any atom is 0.101 e. The van der Waals surface area contributed by atoms with Gasteiger partial charge in [-0.1, -0.05) is 17.7 Å². The van der Waals surface area contributed by atoms with Crippen LogP contribution in [0, 0.1) is 18.3 Å². The second-order valence-electron chi connectivity index (χ2n) is 4.28. The molecule has 0 aliphatic rings. The molecule has 0 unspecified atom stereocenters. The highest BCUT2D eigenvalue weighted by atomic mass is 15.1. The van der Waals surface area contributed by atoms with Crippen molar-refractivity contribution in [2.24, 2.45) is 0 Å². The van der Waals surface area contributed by atoms with Crippen molar-refractivity contribution in [1.82, 2.24) is 0 Å². The molecule has 0 aliphatic carbocycles. The number of nitrogen functional groups attached to an aromatic ring is 1. The summed E-state index contributed by atoms with van der Waals surface area (Å²) in [6.07, 6.45) is 0. The lowest BCUT2D eigenvalue weighted by atomic mass is 10.1. The predicted octanol–water partition coefficient (Wildman–Crippen LogP) is 3.22. The number of aryl methyl sites for hydroxylation is 1. The van der Waals surface area contributed by atoms with Crippen LogP contribution in [-0.2, 0) is 0 Å². The minimum atomic E-state index is 0.582. The maximum absolute atomic E-state index is 9.15. The zero-order valence-corrected chi connectivity index (χ0v) is 10.5. The zero-order valence-electron chi connectivity index (χ0n) is 10.5. The molecule has 0 spiro atoms. The van der Waals surface area contributed by atoms with E-state index in [0.717, 1.165) is 11.4 Å². The molecule has 90 valence electrons. The first-order valence-electron chi connectivity index (χ1n) is 5.72. The Morgan fingerprint density at radius 3 is 2.39 bits per heavy atom. The smallest absolute Gasteiger partial charge is 0.101 e. The fourth-order valence-corrected chi connectivity index (χ4v) is 1.84. The molecule has 2 rings (SSSR count). The van der Waals surface area contributed by atoms with Gasteiger partial charge >= 0.3 is 0 Å². The van der Waals surface area contributed by atoms with Crippen molar-refractivity contribution < 1.29 is 0 Å². The van der Waals surface area contributed by atoms with Crippen LogP contribution in [0.4, 0.5) is 17.1 Å². The largest absolute Gasteiger partial charge is 0.399 e. The standard InChI is InChI=1S/C15H15N3/c1-11-3-6-14(7-4-11)18(2)15-8-5-13(17)9-12(15)10-16/h3-9H,17H2,1-2H3. The topological polar surface area (TPSA) is 53.0 Å². The van der Waals surface area contributed by atoms with Crippen LogP contribution in [-0.4, -0.2) is 7.05 Å². The Balaban J connectivity index is 2.43. The van der Waals surface area contributed by atoms with Gasteiger partial charge in [0.05, 0.1) is 11.3 Å². The monoisotopic (exact) mass is 237 g/mol. The van der Waals surface area contributed by atoms with Crippen LogP contribution in [0.1, 0.15) is 11.1 Å². The lowest BCUT2D eigenvalue weighted by Crippen LogP contribution is -2.11. The van der Waals surface area contributed by atoms with Crippen molar-refractivity contribution in [3.63, 3.8) is 0 Å². The Kier molecular flexibility index (Phi) is 3.20. The molecule has 2 N–H and O–H groups in total. The van der Waals surface area contributed by atoms with Gasteiger partial charge in [-0.2, -0.15) is 5.26 Å². The number of anilines is 3. The molecule has 2 aromatic carbocycles. The number of nitrogens with zero attached hydrogens (tertiary/aromatic N) is 2. The summed E-state index contributed by atoms with van der Waals surface area (Å²) in [5.41, 5.74) is 9.99. The minimum Gasteiger partial charge on any atom is -0.399 e. The van der Waals surface area contributed by atoms with Crippen molar-refractivity contribution in [3.05, 3.63) is 53.6 Å². The third-order valence-electron chi connectivity index (χ3n) is 2.92. The highest BCUT2D eigenvalue weighted by Gasteiger charge is 2.09. The molecule has 0 saturated carbocycles. The highest BCUT2D eigenvalue weighted by molar-refractivity contribution is 5.71. The average molecular weight is 237 g/mol. The Hall–Kier alpha value is -2.47. The second-order valence-corrected chi connectivity index (χ2v) is 4.28. The highest BCUT2D eigenvalue weighted by Crippen LogP contribution is 2.28. The van der Waals surface area contributed by atoms with Crippen molar-refractivity contribution in [1.29, 1.82) is 5.26 Å². The normalized spacial score (nSPS) is 9.83. The van der Waals surface area contributed by atoms with Crippen molar-refractivity contribution in [2.45, 2.75) is 6.92 Å². The van der Waals surface area contributed by atoms with Crippen LogP contribution in [0.25, 0.3) is 0 Å². The molecule has 0 fully saturated rings. The van der Waals surface area contributed by atoms with Crippen LogP contribution in [0.15, 0.2) is 42.5 Å². The summed E-state index contributed by atoms with van der Waals surface area (Å²) in [5, 5.41) is 9.15. The van der Waals surface area contributed by atoms with Crippen molar-refractivity contribution in [3.8, 4) is 6.07 Å². The molecule has 0 bridgehead atoms. The molecule has 0 heterocycles. The maximum atomic E-state index is 9.15. The fourth-order valence-electron chi connectivity index (χ4n) is 1.84. The van der Waals surface area contributed by atoms with Crippen LogP contribution in [0.5, 0.6) is 0 Å². The first kappa shape index (κ1) is 12.0. The summed E-state index contributed by atoms with van der Waals surface area (Å²) in [4.78, 5) is 1.98. The number of hydrogen-bond acceptors (Lipinski definition) is 3. The molecule has 18 heavy (non-hydrogen) atoms. The predicted molar refractivity (Wildman–Crippen MR) is 74.8 cm³/mol. The van der Waals surface area contributed by atoms with E-state index in [4.69, 9.17) is 11.0 Å². The Bertz CT molecular complexity index is 594. The number of benzene rings is 2. The summed E-state index contributed by atoms with van der Waals surface area (Å²) in [6, 6.07) is 15.7. The number of hydrogen-bond donors (Lipinski definition) is 1. The molecule has 3 nitrogen and oxygen atoms in total. The molecular weight excluding hydrogens is 222 g/mol. The van der Waals surface area contributed by atoms with E-state index in [9.17, 15) is 0 Å². The van der Waals surface area contributed by atoms with Gasteiger partial charge in [0.25, 0.3) is 0 Å². The van der Waals surface area contributed by atoms with Crippen LogP contribution in [0.3, 0.4) is 0 Å². The SMILES string of the molecule is Cc1ccc(N(C)c2ccc(N)cc2C#N)cc1. The molecule has 2 aromatic rings. The quantitative estimate of drug-likeness (QED) is 0.816. The Morgan fingerprint density at radius 1 is 1.11 bits per heavy atom. The Morgan fingerprint density at radius 2 is 1.78 bits per heavy atom. The molecule has 0 saturated heterocycles. The van der Waals surface area contributed by atoms with E-state index in [1.54, 1.807) is 12.1 Å². The van der Waals surface area contributed by atoms with Crippen molar-refractivity contribution in [2.75, 3.05) is 17.7 Å². The molecular formula is C15H15N3. The van der Waals surface area contributed by atoms with Gasteiger partial charge in [0.1, 0.15) is 6.07 Å². The first-order valence-corrected chi connectivity index (χ1v) is 5.72. The van der Waals surface area contributed by atoms with Gasteiger partial charge in [-0.25, -0.2) is 0 Å². The van der Waals surface area contributed by atoms with E-state index in [-0.39, 0.29) is 0 Å². The van der Waals surface area contributed by atoms with E-state index in [1.165, 1.54) is 5.56 Å². The molecule has 3 heteroatoms. The number of nitriles is 1. The Labute approximate surface area is 107 Å². The van der Waals surface area contributed by atoms with Crippen LogP contribution < -0.4 is 10.6 Å². The fraction of sp³-hybridized carbons (Fsp3) is 0.133. The van der Waals surface area contributed by atoms with Crippen molar-refractivity contribution >= 4 is 17.1 Å². The summed E-state index contributed by atoms with van der Waals surface area (Å²) in [7, 11) is 1.94. The summed E-state index contributed by atoms with van der Waals surface area (Å²) >= 11 is 0. The van der Waals surface area contributed by atoms with Gasteiger partial charge in [0, 0.05) is 18.4 Å². The van der Waals surface area contributed by atoms with Gasteiger partial charge < -0.3 is 10.6 Å². The summed E-state index contributed by atoms with van der Waals surface area (Å²) in [5.74, 6) is 0. The molecule has 0 aliphatic heterocycles. The second kappa shape index (κ2) is 4.80. The van der Waals surface area contributed by atoms with Gasteiger partial charge in [0.2, 0.25) is 0 Å². The van der Waals surface area contributed by atoms with Crippen LogP contribution >= 0.6 is 0 Å². The van der Waals surface area contributed by atoms with Gasteiger partial charge in [-0.3, -0.25) is 0 Å². The summed E-state index contributed by atoms with van der Waals surface area (Å²) < 4.78 is 0. The molecule has 0 aromatic heterocycles. The first-order chi connectivity index (χ1) is 8.61. The van der Waals surface area contributed by atoms with Gasteiger partial charge in [-0.15, -0.1) is 0 Å². The zero-order chi connectivity index (χ0) is 13.1. The average Bonchev–Trinajstić information content (AvgIpc) is 2.38. The molecule has 0 radical (unpaired) electrons. The third-order valence-corrected chi connectivity index (χ3v) is 2.92. The van der Waals surface area contributed by atoms with E-state index in [0.29, 0.717) is 11.3 Å². The van der Waals surface area contributed by atoms with Gasteiger partial charge in [0.15, 0.2) is 0 Å². The van der Waals surface area contributed by atoms with Crippen LogP contribution in [0.2, 0.25) is 0 Å². The lowest BCUT2D eigenvalue weighted by molar-refractivity contribution is 1.20. The van der Waals surface area contributed by atoms with E-state index in [1.807, 2.05) is 37.1 Å². The summed E-state index contributed by atoms with van der Waals surface area (Å²) in [6.45, 7) is 2.05. The number of rotatable bonds is 2. The van der Waals surface area contributed by atoms with E-state index in [2.05, 4.69) is 18.2 Å². The van der Waals surface area contributed by atoms with E-state index < -0.39 is 0 Å². The molecule has 0 amide bonds. The lowest BCUT2D eigenvalue weighted by Gasteiger charge is -2.21. The van der Waals surface area contributed by atoms with E-state index >= 15 is 0 Å². The minimum absolute atomic E-state index is 0.582. The van der Waals surface area contributed by atoms with Gasteiger partial charge in [-0.05, 0) is 37.3 Å². The molecule has 0 atom stereocenters. The third kappa shape index (κ3) is 2.28. The number of nitrogens with two attached hydrogens (primary N) is 1.